The molecule has 0 atom stereocenters. The molecular weight excluding hydrogens is 392 g/mol. The Kier molecular flexibility index (Phi) is 6.52. The minimum Gasteiger partial charge on any atom is -0.299 e. The molecule has 2 aromatic carbocycles. The van der Waals surface area contributed by atoms with Crippen LogP contribution in [-0.4, -0.2) is 5.78 Å². The highest BCUT2D eigenvalue weighted by molar-refractivity contribution is 5.85. The summed E-state index contributed by atoms with van der Waals surface area (Å²) in [5.41, 5.74) is 3.22. The summed E-state index contributed by atoms with van der Waals surface area (Å²) in [4.78, 5) is 13.1. The number of azo groups is 1. The second kappa shape index (κ2) is 9.68. The van der Waals surface area contributed by atoms with Crippen LogP contribution in [0.25, 0.3) is 0 Å². The number of hydrogen-bond donors (Lipinski definition) is 0. The molecule has 0 N–H and O–H groups in total. The fraction of sp³-hybridized carbons (Fsp3) is 0.552. The zero-order valence-corrected chi connectivity index (χ0v) is 19.2. The lowest BCUT2D eigenvalue weighted by Gasteiger charge is -2.56. The second-order valence-electron chi connectivity index (χ2n) is 10.7. The maximum Gasteiger partial charge on any atom is 0.139 e. The second-order valence-corrected chi connectivity index (χ2v) is 10.7. The van der Waals surface area contributed by atoms with E-state index in [0.29, 0.717) is 5.78 Å². The molecule has 168 valence electrons. The minimum atomic E-state index is 0.106. The SMILES string of the molecule is O=C(CCCCCCc1ccc(N=Nc2ccccc2)cc1)C12CC3CC(CC(C3)C1)C2. The van der Waals surface area contributed by atoms with E-state index in [9.17, 15) is 4.79 Å². The van der Waals surface area contributed by atoms with Crippen LogP contribution in [0.2, 0.25) is 0 Å². The minimum absolute atomic E-state index is 0.106. The zero-order valence-electron chi connectivity index (χ0n) is 19.2. The summed E-state index contributed by atoms with van der Waals surface area (Å²) < 4.78 is 0. The number of rotatable bonds is 10. The highest BCUT2D eigenvalue weighted by atomic mass is 16.1. The van der Waals surface area contributed by atoms with Gasteiger partial charge in [-0.1, -0.05) is 43.2 Å². The van der Waals surface area contributed by atoms with Crippen molar-refractivity contribution >= 4 is 17.2 Å². The van der Waals surface area contributed by atoms with Gasteiger partial charge in [0.2, 0.25) is 0 Å². The molecular formula is C29H36N2O. The molecule has 0 aliphatic heterocycles. The van der Waals surface area contributed by atoms with Crippen LogP contribution in [0.1, 0.15) is 76.2 Å². The van der Waals surface area contributed by atoms with Gasteiger partial charge in [0.1, 0.15) is 5.78 Å². The molecule has 4 bridgehead atoms. The van der Waals surface area contributed by atoms with E-state index in [1.165, 1.54) is 63.4 Å². The normalized spacial score (nSPS) is 28.4. The molecule has 4 fully saturated rings. The molecule has 0 unspecified atom stereocenters. The quantitative estimate of drug-likeness (QED) is 0.277. The number of hydrogen-bond acceptors (Lipinski definition) is 3. The Morgan fingerprint density at radius 3 is 1.91 bits per heavy atom. The van der Waals surface area contributed by atoms with Crippen molar-refractivity contribution in [2.75, 3.05) is 0 Å². The molecule has 0 spiro atoms. The average molecular weight is 429 g/mol. The van der Waals surface area contributed by atoms with Crippen molar-refractivity contribution in [2.24, 2.45) is 33.4 Å². The smallest absolute Gasteiger partial charge is 0.139 e. The number of benzene rings is 2. The van der Waals surface area contributed by atoms with Gasteiger partial charge in [0, 0.05) is 11.8 Å². The van der Waals surface area contributed by atoms with Crippen molar-refractivity contribution in [2.45, 2.75) is 77.0 Å². The van der Waals surface area contributed by atoms with Crippen LogP contribution in [0.4, 0.5) is 11.4 Å². The van der Waals surface area contributed by atoms with Gasteiger partial charge < -0.3 is 0 Å². The van der Waals surface area contributed by atoms with E-state index in [4.69, 9.17) is 0 Å². The van der Waals surface area contributed by atoms with Crippen molar-refractivity contribution in [3.63, 3.8) is 0 Å². The van der Waals surface area contributed by atoms with E-state index in [2.05, 4.69) is 22.4 Å². The fourth-order valence-electron chi connectivity index (χ4n) is 7.02. The van der Waals surface area contributed by atoms with Gasteiger partial charge >= 0.3 is 0 Å². The van der Waals surface area contributed by atoms with E-state index >= 15 is 0 Å². The zero-order chi connectivity index (χ0) is 21.8. The lowest BCUT2D eigenvalue weighted by molar-refractivity contribution is -0.144. The predicted molar refractivity (Wildman–Crippen MR) is 129 cm³/mol. The third-order valence-electron chi connectivity index (χ3n) is 8.22. The first-order valence-electron chi connectivity index (χ1n) is 12.8. The van der Waals surface area contributed by atoms with Crippen LogP contribution in [0.5, 0.6) is 0 Å². The number of ketones is 1. The molecule has 0 radical (unpaired) electrons. The van der Waals surface area contributed by atoms with Crippen LogP contribution in [0.3, 0.4) is 0 Å². The average Bonchev–Trinajstić information content (AvgIpc) is 2.80. The highest BCUT2D eigenvalue weighted by Gasteiger charge is 2.53. The summed E-state index contributed by atoms with van der Waals surface area (Å²) >= 11 is 0. The summed E-state index contributed by atoms with van der Waals surface area (Å²) in [5.74, 6) is 3.24. The molecule has 0 heterocycles. The Hall–Kier alpha value is -2.29. The molecule has 6 rings (SSSR count). The monoisotopic (exact) mass is 428 g/mol. The summed E-state index contributed by atoms with van der Waals surface area (Å²) in [5, 5.41) is 8.59. The summed E-state index contributed by atoms with van der Waals surface area (Å²) in [6.07, 6.45) is 14.5. The number of Topliss-reactive ketones (excluding diaryl/α,β-unsaturated/α-hetero) is 1. The molecule has 3 heteroatoms. The molecule has 3 nitrogen and oxygen atoms in total. The standard InChI is InChI=1S/C29H36N2O/c32-28(29-19-23-16-24(20-29)18-25(17-23)21-29)11-7-2-1-4-8-22-12-14-27(15-13-22)31-30-26-9-5-3-6-10-26/h3,5-6,9-10,12-15,23-25H,1-2,4,7-8,11,16-21H2. The molecule has 4 saturated carbocycles. The third kappa shape index (κ3) is 5.03. The maximum atomic E-state index is 13.1. The lowest BCUT2D eigenvalue weighted by atomic mass is 9.48. The number of nitrogens with zero attached hydrogens (tertiary/aromatic N) is 2. The first-order chi connectivity index (χ1) is 15.7. The molecule has 4 aliphatic rings. The Balaban J connectivity index is 0.999. The van der Waals surface area contributed by atoms with Crippen molar-refractivity contribution < 1.29 is 4.79 Å². The summed E-state index contributed by atoms with van der Waals surface area (Å²) in [6.45, 7) is 0. The Morgan fingerprint density at radius 2 is 1.28 bits per heavy atom. The maximum absolute atomic E-state index is 13.1. The van der Waals surface area contributed by atoms with Gasteiger partial charge in [-0.2, -0.15) is 10.2 Å². The lowest BCUT2D eigenvalue weighted by Crippen LogP contribution is -2.49. The van der Waals surface area contributed by atoms with Crippen LogP contribution >= 0.6 is 0 Å². The van der Waals surface area contributed by atoms with Gasteiger partial charge in [0.05, 0.1) is 11.4 Å². The van der Waals surface area contributed by atoms with E-state index in [1.54, 1.807) is 0 Å². The number of carbonyl (C=O) groups excluding carboxylic acids is 1. The fourth-order valence-corrected chi connectivity index (χ4v) is 7.02. The summed E-state index contributed by atoms with van der Waals surface area (Å²) in [7, 11) is 0. The van der Waals surface area contributed by atoms with Gasteiger partial charge in [-0.3, -0.25) is 4.79 Å². The Morgan fingerprint density at radius 1 is 0.719 bits per heavy atom. The van der Waals surface area contributed by atoms with Gasteiger partial charge in [-0.15, -0.1) is 0 Å². The molecule has 0 aromatic heterocycles. The molecule has 32 heavy (non-hydrogen) atoms. The predicted octanol–water partition coefficient (Wildman–Crippen LogP) is 8.38. The molecule has 0 amide bonds. The van der Waals surface area contributed by atoms with Crippen molar-refractivity contribution in [1.29, 1.82) is 0 Å². The first-order valence-corrected chi connectivity index (χ1v) is 12.8. The van der Waals surface area contributed by atoms with E-state index in [0.717, 1.165) is 48.4 Å². The van der Waals surface area contributed by atoms with E-state index < -0.39 is 0 Å². The van der Waals surface area contributed by atoms with Gasteiger partial charge in [-0.25, -0.2) is 0 Å². The van der Waals surface area contributed by atoms with Crippen molar-refractivity contribution in [1.82, 2.24) is 0 Å². The van der Waals surface area contributed by atoms with Gasteiger partial charge in [0.15, 0.2) is 0 Å². The van der Waals surface area contributed by atoms with E-state index in [-0.39, 0.29) is 5.41 Å². The third-order valence-corrected chi connectivity index (χ3v) is 8.22. The molecule has 2 aromatic rings. The number of unbranched alkanes of at least 4 members (excludes halogenated alkanes) is 3. The topological polar surface area (TPSA) is 41.8 Å². The first kappa shape index (κ1) is 21.6. The summed E-state index contributed by atoms with van der Waals surface area (Å²) in [6, 6.07) is 18.2. The van der Waals surface area contributed by atoms with Crippen molar-refractivity contribution in [3.8, 4) is 0 Å². The Labute approximate surface area is 192 Å². The Bertz CT molecular complexity index is 896. The number of aryl methyl sites for hydroxylation is 1. The highest BCUT2D eigenvalue weighted by Crippen LogP contribution is 2.60. The van der Waals surface area contributed by atoms with Gasteiger partial charge in [-0.05, 0) is 105 Å². The largest absolute Gasteiger partial charge is 0.299 e. The van der Waals surface area contributed by atoms with E-state index in [1.807, 2.05) is 42.5 Å². The molecule has 4 aliphatic carbocycles. The number of carbonyl (C=O) groups is 1. The van der Waals surface area contributed by atoms with Crippen LogP contribution in [-0.2, 0) is 11.2 Å². The van der Waals surface area contributed by atoms with Crippen molar-refractivity contribution in [3.05, 3.63) is 60.2 Å². The molecule has 0 saturated heterocycles. The van der Waals surface area contributed by atoms with Crippen LogP contribution in [0.15, 0.2) is 64.8 Å². The van der Waals surface area contributed by atoms with Gasteiger partial charge in [0.25, 0.3) is 0 Å². The van der Waals surface area contributed by atoms with Crippen LogP contribution in [0, 0.1) is 23.2 Å². The van der Waals surface area contributed by atoms with Crippen LogP contribution < -0.4 is 0 Å².